The molecule has 0 aromatic carbocycles. The van der Waals surface area contributed by atoms with Gasteiger partial charge in [0.25, 0.3) is 0 Å². The lowest BCUT2D eigenvalue weighted by atomic mass is 10.2. The number of aryl methyl sites for hydroxylation is 1. The molecule has 0 aliphatic carbocycles. The summed E-state index contributed by atoms with van der Waals surface area (Å²) in [5.41, 5.74) is 0.823. The highest BCUT2D eigenvalue weighted by Crippen LogP contribution is 2.08. The standard InChI is InChI=1S/C15H27N3O2/c1-6-7-16-13-10-12(2)17-14(18-13)11-19-8-9-20-15(3,4)5/h10H,6-9,11H2,1-5H3,(H,16,17,18). The number of ether oxygens (including phenoxy) is 2. The fourth-order valence-electron chi connectivity index (χ4n) is 1.61. The van der Waals surface area contributed by atoms with Gasteiger partial charge in [-0.25, -0.2) is 9.97 Å². The highest BCUT2D eigenvalue weighted by Gasteiger charge is 2.09. The van der Waals surface area contributed by atoms with Crippen molar-refractivity contribution in [1.82, 2.24) is 9.97 Å². The van der Waals surface area contributed by atoms with E-state index >= 15 is 0 Å². The van der Waals surface area contributed by atoms with E-state index in [1.54, 1.807) is 0 Å². The van der Waals surface area contributed by atoms with Crippen LogP contribution in [0.1, 0.15) is 45.6 Å². The molecule has 1 rings (SSSR count). The lowest BCUT2D eigenvalue weighted by Gasteiger charge is -2.19. The first-order valence-electron chi connectivity index (χ1n) is 7.21. The van der Waals surface area contributed by atoms with Gasteiger partial charge in [0.1, 0.15) is 12.4 Å². The molecule has 0 radical (unpaired) electrons. The van der Waals surface area contributed by atoms with Gasteiger partial charge in [0.15, 0.2) is 5.82 Å². The first kappa shape index (κ1) is 16.9. The first-order valence-corrected chi connectivity index (χ1v) is 7.21. The Bertz CT molecular complexity index is 403. The van der Waals surface area contributed by atoms with Gasteiger partial charge in [-0.05, 0) is 34.1 Å². The fourth-order valence-corrected chi connectivity index (χ4v) is 1.61. The topological polar surface area (TPSA) is 56.3 Å². The molecule has 0 bridgehead atoms. The van der Waals surface area contributed by atoms with Gasteiger partial charge in [0, 0.05) is 18.3 Å². The molecule has 0 spiro atoms. The Morgan fingerprint density at radius 3 is 2.60 bits per heavy atom. The van der Waals surface area contributed by atoms with Crippen LogP contribution >= 0.6 is 0 Å². The number of aromatic nitrogens is 2. The molecule has 0 saturated heterocycles. The van der Waals surface area contributed by atoms with E-state index in [1.807, 2.05) is 33.8 Å². The molecule has 5 heteroatoms. The second-order valence-electron chi connectivity index (χ2n) is 5.75. The van der Waals surface area contributed by atoms with Crippen molar-refractivity contribution in [3.63, 3.8) is 0 Å². The van der Waals surface area contributed by atoms with Crippen LogP contribution in [0, 0.1) is 6.92 Å². The van der Waals surface area contributed by atoms with Crippen LogP contribution < -0.4 is 5.32 Å². The van der Waals surface area contributed by atoms with Gasteiger partial charge in [0.05, 0.1) is 18.8 Å². The molecule has 0 aliphatic heterocycles. The lowest BCUT2D eigenvalue weighted by molar-refractivity contribution is -0.0384. The van der Waals surface area contributed by atoms with Crippen molar-refractivity contribution in [2.45, 2.75) is 53.2 Å². The minimum Gasteiger partial charge on any atom is -0.373 e. The monoisotopic (exact) mass is 281 g/mol. The molecule has 0 amide bonds. The summed E-state index contributed by atoms with van der Waals surface area (Å²) in [6, 6.07) is 1.95. The predicted octanol–water partition coefficient (Wildman–Crippen LogP) is 2.94. The molecule has 0 atom stereocenters. The van der Waals surface area contributed by atoms with E-state index in [2.05, 4.69) is 22.2 Å². The van der Waals surface area contributed by atoms with E-state index < -0.39 is 0 Å². The summed E-state index contributed by atoms with van der Waals surface area (Å²) in [6.07, 6.45) is 1.07. The summed E-state index contributed by atoms with van der Waals surface area (Å²) in [4.78, 5) is 8.80. The largest absolute Gasteiger partial charge is 0.373 e. The maximum Gasteiger partial charge on any atom is 0.156 e. The van der Waals surface area contributed by atoms with Gasteiger partial charge in [-0.3, -0.25) is 0 Å². The molecule has 1 N–H and O–H groups in total. The van der Waals surface area contributed by atoms with Crippen LogP contribution in [-0.4, -0.2) is 35.3 Å². The van der Waals surface area contributed by atoms with Crippen molar-refractivity contribution in [2.24, 2.45) is 0 Å². The highest BCUT2D eigenvalue weighted by atomic mass is 16.5. The maximum absolute atomic E-state index is 5.59. The molecule has 1 heterocycles. The molecular formula is C15H27N3O2. The zero-order chi connectivity index (χ0) is 15.0. The van der Waals surface area contributed by atoms with Crippen molar-refractivity contribution in [2.75, 3.05) is 25.1 Å². The molecule has 5 nitrogen and oxygen atoms in total. The molecule has 20 heavy (non-hydrogen) atoms. The lowest BCUT2D eigenvalue weighted by Crippen LogP contribution is -2.21. The minimum absolute atomic E-state index is 0.125. The Labute approximate surface area is 122 Å². The molecule has 0 saturated carbocycles. The zero-order valence-corrected chi connectivity index (χ0v) is 13.3. The van der Waals surface area contributed by atoms with E-state index in [-0.39, 0.29) is 5.60 Å². The van der Waals surface area contributed by atoms with Gasteiger partial charge < -0.3 is 14.8 Å². The third-order valence-electron chi connectivity index (χ3n) is 2.45. The van der Waals surface area contributed by atoms with Crippen LogP contribution in [0.5, 0.6) is 0 Å². The second kappa shape index (κ2) is 8.17. The Hall–Kier alpha value is -1.20. The third-order valence-corrected chi connectivity index (χ3v) is 2.45. The summed E-state index contributed by atoms with van der Waals surface area (Å²) in [5, 5.41) is 3.27. The predicted molar refractivity (Wildman–Crippen MR) is 80.9 cm³/mol. The first-order chi connectivity index (χ1) is 9.40. The number of hydrogen-bond donors (Lipinski definition) is 1. The van der Waals surface area contributed by atoms with Crippen molar-refractivity contribution in [1.29, 1.82) is 0 Å². The van der Waals surface area contributed by atoms with Crippen LogP contribution in [0.4, 0.5) is 5.82 Å². The number of rotatable bonds is 8. The second-order valence-corrected chi connectivity index (χ2v) is 5.75. The molecule has 0 fully saturated rings. The number of nitrogens with zero attached hydrogens (tertiary/aromatic N) is 2. The van der Waals surface area contributed by atoms with Crippen molar-refractivity contribution < 1.29 is 9.47 Å². The molecule has 114 valence electrons. The Kier molecular flexibility index (Phi) is 6.88. The van der Waals surface area contributed by atoms with Crippen LogP contribution in [0.15, 0.2) is 6.07 Å². The summed E-state index contributed by atoms with van der Waals surface area (Å²) in [5.74, 6) is 1.57. The van der Waals surface area contributed by atoms with E-state index in [4.69, 9.17) is 9.47 Å². The van der Waals surface area contributed by atoms with Gasteiger partial charge in [-0.2, -0.15) is 0 Å². The molecule has 1 aromatic heterocycles. The number of hydrogen-bond acceptors (Lipinski definition) is 5. The average molecular weight is 281 g/mol. The smallest absolute Gasteiger partial charge is 0.156 e. The fraction of sp³-hybridized carbons (Fsp3) is 0.733. The van der Waals surface area contributed by atoms with Crippen LogP contribution in [-0.2, 0) is 16.1 Å². The van der Waals surface area contributed by atoms with Gasteiger partial charge in [0.2, 0.25) is 0 Å². The van der Waals surface area contributed by atoms with Gasteiger partial charge in [-0.15, -0.1) is 0 Å². The maximum atomic E-state index is 5.59. The third kappa shape index (κ3) is 7.40. The van der Waals surface area contributed by atoms with Crippen LogP contribution in [0.25, 0.3) is 0 Å². The van der Waals surface area contributed by atoms with Crippen LogP contribution in [0.3, 0.4) is 0 Å². The van der Waals surface area contributed by atoms with Crippen molar-refractivity contribution >= 4 is 5.82 Å². The molecule has 0 aliphatic rings. The number of nitrogens with one attached hydrogen (secondary N) is 1. The minimum atomic E-state index is -0.125. The van der Waals surface area contributed by atoms with E-state index in [1.165, 1.54) is 0 Å². The van der Waals surface area contributed by atoms with Crippen molar-refractivity contribution in [3.8, 4) is 0 Å². The molecule has 1 aromatic rings. The van der Waals surface area contributed by atoms with Gasteiger partial charge in [-0.1, -0.05) is 6.92 Å². The van der Waals surface area contributed by atoms with Crippen LogP contribution in [0.2, 0.25) is 0 Å². The average Bonchev–Trinajstić information content (AvgIpc) is 2.34. The van der Waals surface area contributed by atoms with E-state index in [0.717, 1.165) is 24.5 Å². The Balaban J connectivity index is 2.37. The Morgan fingerprint density at radius 2 is 1.95 bits per heavy atom. The van der Waals surface area contributed by atoms with Gasteiger partial charge >= 0.3 is 0 Å². The summed E-state index contributed by atoms with van der Waals surface area (Å²) in [7, 11) is 0. The summed E-state index contributed by atoms with van der Waals surface area (Å²) in [6.45, 7) is 12.6. The molecule has 0 unspecified atom stereocenters. The normalized spacial score (nSPS) is 11.7. The quantitative estimate of drug-likeness (QED) is 0.742. The summed E-state index contributed by atoms with van der Waals surface area (Å²) < 4.78 is 11.1. The van der Waals surface area contributed by atoms with E-state index in [0.29, 0.717) is 25.6 Å². The van der Waals surface area contributed by atoms with Crippen molar-refractivity contribution in [3.05, 3.63) is 17.6 Å². The van der Waals surface area contributed by atoms with E-state index in [9.17, 15) is 0 Å². The summed E-state index contributed by atoms with van der Waals surface area (Å²) >= 11 is 0. The highest BCUT2D eigenvalue weighted by molar-refractivity contribution is 5.35. The Morgan fingerprint density at radius 1 is 1.20 bits per heavy atom. The number of anilines is 1. The SMILES string of the molecule is CCCNc1cc(C)nc(COCCOC(C)(C)C)n1. The molecular weight excluding hydrogens is 254 g/mol. The zero-order valence-electron chi connectivity index (χ0n) is 13.3.